The van der Waals surface area contributed by atoms with E-state index in [0.717, 1.165) is 56.0 Å². The standard InChI is InChI=1S/C38H41BrN8O6/c1-43-18-24(15-25(19-43)41-29-17-40-44(2)37(53)32(29)39)22-3-5-23(6-4-22)34(50)45-13-11-38(12-14-45)20-46(21-38)26-7-8-27-28(16-26)36(52)47(35(27)51)30-9-10-31(48)42-33(30)49/h3-8,16-17,24-25,30,41H,9-15,18-21H2,1-2H3,(H,42,48,49)/t24-,25+,30?/m1/s1. The summed E-state index contributed by atoms with van der Waals surface area (Å²) in [5, 5.41) is 9.88. The quantitative estimate of drug-likeness (QED) is 0.357. The highest BCUT2D eigenvalue weighted by molar-refractivity contribution is 9.10. The largest absolute Gasteiger partial charge is 0.379 e. The van der Waals surface area contributed by atoms with Crippen LogP contribution in [-0.4, -0.2) is 112 Å². The predicted molar refractivity (Wildman–Crippen MR) is 199 cm³/mol. The Bertz CT molecular complexity index is 2090. The second-order valence-electron chi connectivity index (χ2n) is 15.2. The fraction of sp³-hybridized carbons (Fsp3) is 0.447. The van der Waals surface area contributed by atoms with Crippen LogP contribution in [0.5, 0.6) is 0 Å². The highest BCUT2D eigenvalue weighted by Gasteiger charge is 2.48. The number of imide groups is 2. The second kappa shape index (κ2) is 13.5. The van der Waals surface area contributed by atoms with Crippen molar-refractivity contribution < 1.29 is 24.0 Å². The lowest BCUT2D eigenvalue weighted by Crippen LogP contribution is -2.61. The molecule has 1 unspecified atom stereocenters. The molecule has 15 heteroatoms. The lowest BCUT2D eigenvalue weighted by Gasteiger charge is -2.55. The maximum atomic E-state index is 13.6. The first-order chi connectivity index (χ1) is 25.4. The Balaban J connectivity index is 0.851. The second-order valence-corrected chi connectivity index (χ2v) is 16.0. The summed E-state index contributed by atoms with van der Waals surface area (Å²) in [6.45, 7) is 4.65. The number of benzene rings is 2. The number of hydrogen-bond donors (Lipinski definition) is 2. The number of halogens is 1. The third-order valence-corrected chi connectivity index (χ3v) is 12.4. The number of amides is 5. The van der Waals surface area contributed by atoms with Crippen molar-refractivity contribution >= 4 is 56.8 Å². The minimum absolute atomic E-state index is 0.0354. The van der Waals surface area contributed by atoms with Crippen molar-refractivity contribution in [1.29, 1.82) is 0 Å². The molecule has 6 heterocycles. The highest BCUT2D eigenvalue weighted by atomic mass is 79.9. The molecule has 4 saturated heterocycles. The van der Waals surface area contributed by atoms with E-state index in [1.54, 1.807) is 25.4 Å². The van der Waals surface area contributed by atoms with Crippen molar-refractivity contribution in [3.8, 4) is 0 Å². The maximum Gasteiger partial charge on any atom is 0.282 e. The lowest BCUT2D eigenvalue weighted by atomic mass is 9.71. The topological polar surface area (TPSA) is 157 Å². The summed E-state index contributed by atoms with van der Waals surface area (Å²) < 4.78 is 1.77. The molecule has 2 N–H and O–H groups in total. The Labute approximate surface area is 314 Å². The van der Waals surface area contributed by atoms with E-state index in [1.165, 1.54) is 10.2 Å². The van der Waals surface area contributed by atoms with Gasteiger partial charge >= 0.3 is 0 Å². The Morgan fingerprint density at radius 2 is 1.66 bits per heavy atom. The molecular formula is C38H41BrN8O6. The third-order valence-electron chi connectivity index (χ3n) is 11.7. The molecule has 0 saturated carbocycles. The van der Waals surface area contributed by atoms with Gasteiger partial charge in [-0.15, -0.1) is 0 Å². The highest BCUT2D eigenvalue weighted by Crippen LogP contribution is 2.44. The number of anilines is 2. The van der Waals surface area contributed by atoms with Gasteiger partial charge in [-0.3, -0.25) is 39.0 Å². The lowest BCUT2D eigenvalue weighted by molar-refractivity contribution is -0.136. The van der Waals surface area contributed by atoms with E-state index < -0.39 is 29.7 Å². The van der Waals surface area contributed by atoms with Gasteiger partial charge in [0.2, 0.25) is 11.8 Å². The van der Waals surface area contributed by atoms with E-state index in [0.29, 0.717) is 28.8 Å². The molecular weight excluding hydrogens is 744 g/mol. The molecule has 276 valence electrons. The van der Waals surface area contributed by atoms with Crippen molar-refractivity contribution in [1.82, 2.24) is 29.8 Å². The molecule has 1 spiro atoms. The number of carbonyl (C=O) groups excluding carboxylic acids is 5. The van der Waals surface area contributed by atoms with E-state index in [9.17, 15) is 28.8 Å². The Morgan fingerprint density at radius 3 is 2.38 bits per heavy atom. The Kier molecular flexibility index (Phi) is 8.96. The zero-order valence-electron chi connectivity index (χ0n) is 29.6. The van der Waals surface area contributed by atoms with Crippen LogP contribution < -0.4 is 21.1 Å². The fourth-order valence-corrected chi connectivity index (χ4v) is 9.15. The number of nitrogens with zero attached hydrogens (tertiary/aromatic N) is 6. The number of hydrogen-bond acceptors (Lipinski definition) is 10. The number of carbonyl (C=O) groups is 5. The molecule has 0 aliphatic carbocycles. The fourth-order valence-electron chi connectivity index (χ4n) is 8.68. The van der Waals surface area contributed by atoms with Crippen LogP contribution in [0.25, 0.3) is 0 Å². The number of rotatable bonds is 6. The normalized spacial score (nSPS) is 24.3. The van der Waals surface area contributed by atoms with Gasteiger partial charge in [-0.1, -0.05) is 12.1 Å². The number of likely N-dealkylation sites (N-methyl/N-ethyl adjacent to an activating group) is 1. The van der Waals surface area contributed by atoms with Gasteiger partial charge in [-0.25, -0.2) is 4.68 Å². The molecule has 4 fully saturated rings. The van der Waals surface area contributed by atoms with Gasteiger partial charge in [0.25, 0.3) is 23.3 Å². The number of nitrogens with one attached hydrogen (secondary N) is 2. The molecule has 8 rings (SSSR count). The average molecular weight is 786 g/mol. The monoisotopic (exact) mass is 784 g/mol. The van der Waals surface area contributed by atoms with E-state index >= 15 is 0 Å². The maximum absolute atomic E-state index is 13.6. The number of likely N-dealkylation sites (tertiary alicyclic amines) is 2. The first-order valence-corrected chi connectivity index (χ1v) is 18.9. The number of piperidine rings is 3. The predicted octanol–water partition coefficient (Wildman–Crippen LogP) is 2.59. The molecule has 14 nitrogen and oxygen atoms in total. The van der Waals surface area contributed by atoms with E-state index in [2.05, 4.69) is 60.6 Å². The average Bonchev–Trinajstić information content (AvgIpc) is 3.38. The van der Waals surface area contributed by atoms with Crippen LogP contribution in [0.2, 0.25) is 0 Å². The Morgan fingerprint density at radius 1 is 0.943 bits per heavy atom. The van der Waals surface area contributed by atoms with E-state index in [1.807, 2.05) is 23.1 Å². The summed E-state index contributed by atoms with van der Waals surface area (Å²) in [4.78, 5) is 83.8. The molecule has 3 atom stereocenters. The molecule has 5 aliphatic heterocycles. The van der Waals surface area contributed by atoms with Crippen LogP contribution in [0, 0.1) is 5.41 Å². The Hall–Kier alpha value is -4.89. The summed E-state index contributed by atoms with van der Waals surface area (Å²) in [5.74, 6) is -1.74. The van der Waals surface area contributed by atoms with E-state index in [4.69, 9.17) is 0 Å². The first-order valence-electron chi connectivity index (χ1n) is 18.1. The zero-order valence-corrected chi connectivity index (χ0v) is 31.2. The van der Waals surface area contributed by atoms with Crippen molar-refractivity contribution in [2.24, 2.45) is 12.5 Å². The van der Waals surface area contributed by atoms with Crippen LogP contribution >= 0.6 is 15.9 Å². The van der Waals surface area contributed by atoms with Gasteiger partial charge in [0.1, 0.15) is 10.5 Å². The van der Waals surface area contributed by atoms with Crippen molar-refractivity contribution in [2.45, 2.75) is 50.1 Å². The third kappa shape index (κ3) is 6.43. The molecule has 5 amide bonds. The molecule has 3 aromatic rings. The molecule has 5 aliphatic rings. The van der Waals surface area contributed by atoms with Crippen LogP contribution in [0.1, 0.15) is 74.7 Å². The van der Waals surface area contributed by atoms with Crippen molar-refractivity contribution in [3.63, 3.8) is 0 Å². The summed E-state index contributed by atoms with van der Waals surface area (Å²) in [5.41, 5.74) is 3.83. The van der Waals surface area contributed by atoms with Crippen LogP contribution in [0.15, 0.2) is 57.9 Å². The minimum atomic E-state index is -0.989. The summed E-state index contributed by atoms with van der Waals surface area (Å²) in [6.07, 6.45) is 4.50. The molecule has 53 heavy (non-hydrogen) atoms. The summed E-state index contributed by atoms with van der Waals surface area (Å²) in [7, 11) is 3.71. The van der Waals surface area contributed by atoms with Gasteiger partial charge in [0.05, 0.1) is 23.0 Å². The van der Waals surface area contributed by atoms with Crippen LogP contribution in [-0.2, 0) is 16.6 Å². The number of aromatic nitrogens is 2. The van der Waals surface area contributed by atoms with Gasteiger partial charge < -0.3 is 20.0 Å². The van der Waals surface area contributed by atoms with Crippen molar-refractivity contribution in [2.75, 3.05) is 56.5 Å². The summed E-state index contributed by atoms with van der Waals surface area (Å²) >= 11 is 3.42. The van der Waals surface area contributed by atoms with Crippen molar-refractivity contribution in [3.05, 3.63) is 85.7 Å². The molecule has 1 aromatic heterocycles. The summed E-state index contributed by atoms with van der Waals surface area (Å²) in [6, 6.07) is 12.4. The van der Waals surface area contributed by atoms with Crippen LogP contribution in [0.4, 0.5) is 11.4 Å². The van der Waals surface area contributed by atoms with E-state index in [-0.39, 0.29) is 52.8 Å². The molecule has 0 radical (unpaired) electrons. The number of fused-ring (bicyclic) bond motifs is 1. The minimum Gasteiger partial charge on any atom is -0.379 e. The zero-order chi connectivity index (χ0) is 37.2. The first kappa shape index (κ1) is 35.2. The smallest absolute Gasteiger partial charge is 0.282 e. The molecule has 0 bridgehead atoms. The van der Waals surface area contributed by atoms with Gasteiger partial charge in [0.15, 0.2) is 0 Å². The number of aryl methyl sites for hydroxylation is 1. The molecule has 2 aromatic carbocycles. The van der Waals surface area contributed by atoms with Gasteiger partial charge in [-0.2, -0.15) is 5.10 Å². The van der Waals surface area contributed by atoms with Gasteiger partial charge in [-0.05, 0) is 90.5 Å². The van der Waals surface area contributed by atoms with Crippen LogP contribution in [0.3, 0.4) is 0 Å². The SMILES string of the molecule is CN1C[C@@H](Nc2cnn(C)c(=O)c2Br)C[C@@H](c2ccc(C(=O)N3CCC4(CC3)CN(c3ccc5c(c3)C(=O)N(C3CCC(=O)NC3=O)C5=O)C4)cc2)C1. The van der Waals surface area contributed by atoms with Gasteiger partial charge in [0, 0.05) is 75.4 Å².